The highest BCUT2D eigenvalue weighted by molar-refractivity contribution is 5.82. The van der Waals surface area contributed by atoms with Crippen molar-refractivity contribution >= 4 is 17.5 Å². The van der Waals surface area contributed by atoms with Crippen LogP contribution < -0.4 is 10.2 Å². The molecule has 1 N–H and O–H groups in total. The maximum absolute atomic E-state index is 11.7. The van der Waals surface area contributed by atoms with Crippen LogP contribution in [0.25, 0.3) is 0 Å². The first kappa shape index (κ1) is 11.6. The van der Waals surface area contributed by atoms with E-state index in [4.69, 9.17) is 0 Å². The number of rotatable bonds is 2. The minimum Gasteiger partial charge on any atom is -0.373 e. The number of anilines is 2. The van der Waals surface area contributed by atoms with Crippen molar-refractivity contribution in [1.29, 1.82) is 0 Å². The highest BCUT2D eigenvalue weighted by Crippen LogP contribution is 2.22. The van der Waals surface area contributed by atoms with Crippen LogP contribution in [-0.4, -0.2) is 54.5 Å². The molecular weight excluding hydrogens is 218 g/mol. The monoisotopic (exact) mass is 235 g/mol. The lowest BCUT2D eigenvalue weighted by Crippen LogP contribution is -2.49. The molecule has 92 valence electrons. The maximum atomic E-state index is 11.7. The molecule has 0 radical (unpaired) electrons. The second kappa shape index (κ2) is 4.57. The number of aromatic nitrogens is 2. The summed E-state index contributed by atoms with van der Waals surface area (Å²) in [5.41, 5.74) is 0.979. The first-order chi connectivity index (χ1) is 8.13. The van der Waals surface area contributed by atoms with Crippen molar-refractivity contribution in [1.82, 2.24) is 14.9 Å². The highest BCUT2D eigenvalue weighted by atomic mass is 16.2. The van der Waals surface area contributed by atoms with Gasteiger partial charge in [-0.05, 0) is 6.92 Å². The Morgan fingerprint density at radius 1 is 1.35 bits per heavy atom. The predicted octanol–water partition coefficient (Wildman–Crippen LogP) is 0.105. The van der Waals surface area contributed by atoms with Gasteiger partial charge in [-0.15, -0.1) is 0 Å². The summed E-state index contributed by atoms with van der Waals surface area (Å²) < 4.78 is 0. The molecule has 0 atom stereocenters. The van der Waals surface area contributed by atoms with Crippen LogP contribution in [0.3, 0.4) is 0 Å². The first-order valence-electron chi connectivity index (χ1n) is 5.61. The summed E-state index contributed by atoms with van der Waals surface area (Å²) >= 11 is 0. The van der Waals surface area contributed by atoms with Crippen molar-refractivity contribution in [2.24, 2.45) is 0 Å². The molecule has 0 aromatic carbocycles. The van der Waals surface area contributed by atoms with Crippen molar-refractivity contribution in [3.63, 3.8) is 0 Å². The number of carbonyl (C=O) groups is 1. The predicted molar refractivity (Wildman–Crippen MR) is 66.2 cm³/mol. The van der Waals surface area contributed by atoms with E-state index in [-0.39, 0.29) is 5.91 Å². The van der Waals surface area contributed by atoms with Crippen molar-refractivity contribution in [3.05, 3.63) is 11.9 Å². The number of hydrogen-bond donors (Lipinski definition) is 1. The number of likely N-dealkylation sites (N-methyl/N-ethyl adjacent to an activating group) is 1. The molecule has 2 heterocycles. The number of piperazine rings is 1. The SMILES string of the molecule is CNc1ncnc(N2CCN(C)C(=O)C2)c1C. The smallest absolute Gasteiger partial charge is 0.241 e. The number of nitrogens with zero attached hydrogens (tertiary/aromatic N) is 4. The molecule has 1 aliphatic heterocycles. The third kappa shape index (κ3) is 2.15. The van der Waals surface area contributed by atoms with Crippen LogP contribution in [0.2, 0.25) is 0 Å². The van der Waals surface area contributed by atoms with E-state index in [2.05, 4.69) is 15.3 Å². The molecule has 17 heavy (non-hydrogen) atoms. The van der Waals surface area contributed by atoms with Gasteiger partial charge in [0.2, 0.25) is 5.91 Å². The van der Waals surface area contributed by atoms with Crippen LogP contribution in [-0.2, 0) is 4.79 Å². The summed E-state index contributed by atoms with van der Waals surface area (Å²) in [5, 5.41) is 3.02. The number of hydrogen-bond acceptors (Lipinski definition) is 5. The zero-order chi connectivity index (χ0) is 12.4. The van der Waals surface area contributed by atoms with Gasteiger partial charge in [-0.1, -0.05) is 0 Å². The molecule has 6 nitrogen and oxygen atoms in total. The summed E-state index contributed by atoms with van der Waals surface area (Å²) in [6, 6.07) is 0. The Morgan fingerprint density at radius 2 is 2.12 bits per heavy atom. The molecular formula is C11H17N5O. The topological polar surface area (TPSA) is 61.4 Å². The van der Waals surface area contributed by atoms with Gasteiger partial charge in [-0.25, -0.2) is 9.97 Å². The lowest BCUT2D eigenvalue weighted by atomic mass is 10.2. The number of amides is 1. The molecule has 0 saturated carbocycles. The molecule has 1 amide bonds. The van der Waals surface area contributed by atoms with E-state index in [0.717, 1.165) is 30.3 Å². The average molecular weight is 235 g/mol. The van der Waals surface area contributed by atoms with E-state index in [1.807, 2.05) is 25.9 Å². The molecule has 0 aliphatic carbocycles. The van der Waals surface area contributed by atoms with Gasteiger partial charge in [-0.3, -0.25) is 4.79 Å². The van der Waals surface area contributed by atoms with Crippen molar-refractivity contribution in [3.8, 4) is 0 Å². The molecule has 1 aromatic rings. The van der Waals surface area contributed by atoms with E-state index in [0.29, 0.717) is 6.54 Å². The zero-order valence-corrected chi connectivity index (χ0v) is 10.4. The number of nitrogens with one attached hydrogen (secondary N) is 1. The molecule has 0 bridgehead atoms. The molecule has 2 rings (SSSR count). The molecule has 6 heteroatoms. The summed E-state index contributed by atoms with van der Waals surface area (Å²) in [6.45, 7) is 3.89. The lowest BCUT2D eigenvalue weighted by molar-refractivity contribution is -0.129. The van der Waals surface area contributed by atoms with Gasteiger partial charge in [0.15, 0.2) is 0 Å². The summed E-state index contributed by atoms with van der Waals surface area (Å²) in [4.78, 5) is 23.8. The Morgan fingerprint density at radius 3 is 2.76 bits per heavy atom. The molecule has 0 spiro atoms. The van der Waals surface area contributed by atoms with E-state index in [1.165, 1.54) is 6.33 Å². The fourth-order valence-electron chi connectivity index (χ4n) is 1.95. The van der Waals surface area contributed by atoms with Crippen LogP contribution in [0.1, 0.15) is 5.56 Å². The summed E-state index contributed by atoms with van der Waals surface area (Å²) in [5.74, 6) is 1.77. The largest absolute Gasteiger partial charge is 0.373 e. The van der Waals surface area contributed by atoms with E-state index >= 15 is 0 Å². The fraction of sp³-hybridized carbons (Fsp3) is 0.545. The maximum Gasteiger partial charge on any atom is 0.241 e. The Labute approximate surface area is 101 Å². The van der Waals surface area contributed by atoms with Gasteiger partial charge < -0.3 is 15.1 Å². The van der Waals surface area contributed by atoms with Gasteiger partial charge in [0.25, 0.3) is 0 Å². The van der Waals surface area contributed by atoms with Gasteiger partial charge in [-0.2, -0.15) is 0 Å². The minimum atomic E-state index is 0.125. The third-order valence-electron chi connectivity index (χ3n) is 3.05. The zero-order valence-electron chi connectivity index (χ0n) is 10.4. The normalized spacial score (nSPS) is 16.3. The van der Waals surface area contributed by atoms with Crippen LogP contribution in [0.15, 0.2) is 6.33 Å². The average Bonchev–Trinajstić information content (AvgIpc) is 2.33. The second-order valence-corrected chi connectivity index (χ2v) is 4.16. The van der Waals surface area contributed by atoms with Crippen molar-refractivity contribution < 1.29 is 4.79 Å². The second-order valence-electron chi connectivity index (χ2n) is 4.16. The molecule has 1 saturated heterocycles. The Kier molecular flexibility index (Phi) is 3.12. The van der Waals surface area contributed by atoms with Crippen molar-refractivity contribution in [2.75, 3.05) is 43.9 Å². The van der Waals surface area contributed by atoms with Gasteiger partial charge in [0.05, 0.1) is 6.54 Å². The van der Waals surface area contributed by atoms with Crippen LogP contribution in [0.5, 0.6) is 0 Å². The van der Waals surface area contributed by atoms with E-state index < -0.39 is 0 Å². The Bertz CT molecular complexity index is 434. The van der Waals surface area contributed by atoms with Crippen molar-refractivity contribution in [2.45, 2.75) is 6.92 Å². The molecule has 1 fully saturated rings. The summed E-state index contributed by atoms with van der Waals surface area (Å²) in [6.07, 6.45) is 1.52. The van der Waals surface area contributed by atoms with E-state index in [9.17, 15) is 4.79 Å². The fourth-order valence-corrected chi connectivity index (χ4v) is 1.95. The van der Waals surface area contributed by atoms with Gasteiger partial charge >= 0.3 is 0 Å². The van der Waals surface area contributed by atoms with Gasteiger partial charge in [0.1, 0.15) is 18.0 Å². The summed E-state index contributed by atoms with van der Waals surface area (Å²) in [7, 11) is 3.65. The van der Waals surface area contributed by atoms with Gasteiger partial charge in [0, 0.05) is 32.7 Å². The standard InChI is InChI=1S/C11H17N5O/c1-8-10(12-2)13-7-14-11(8)16-5-4-15(3)9(17)6-16/h7H,4-6H2,1-3H3,(H,12,13,14). The van der Waals surface area contributed by atoms with E-state index in [1.54, 1.807) is 4.90 Å². The van der Waals surface area contributed by atoms with Crippen LogP contribution in [0.4, 0.5) is 11.6 Å². The lowest BCUT2D eigenvalue weighted by Gasteiger charge is -2.33. The molecule has 1 aliphatic rings. The Hall–Kier alpha value is -1.85. The third-order valence-corrected chi connectivity index (χ3v) is 3.05. The minimum absolute atomic E-state index is 0.125. The quantitative estimate of drug-likeness (QED) is 0.788. The highest BCUT2D eigenvalue weighted by Gasteiger charge is 2.23. The Balaban J connectivity index is 2.26. The van der Waals surface area contributed by atoms with Crippen LogP contribution >= 0.6 is 0 Å². The van der Waals surface area contributed by atoms with Crippen LogP contribution in [0, 0.1) is 6.92 Å². The molecule has 1 aromatic heterocycles. The molecule has 0 unspecified atom stereocenters. The number of carbonyl (C=O) groups excluding carboxylic acids is 1. The first-order valence-corrected chi connectivity index (χ1v) is 5.61.